The molecule has 4 aromatic carbocycles. The van der Waals surface area contributed by atoms with Gasteiger partial charge in [0.25, 0.3) is 0 Å². The lowest BCUT2D eigenvalue weighted by Crippen LogP contribution is -2.48. The minimum absolute atomic E-state index is 0.0114. The molecule has 0 aliphatic carbocycles. The standard InChI is InChI=1S/C20H31NO3.3C19H29NO3/c1-20(2,3)11-14-12-21-7-6-13-8-18(23-4)19(24-5)9-15(13)16(21)10-17(14)22;3*1-12(2)7-14-11-20-6-5-13-8-18(22-3)19(23-4)9-15(13)16(20)10-17(14)21/h8-9,14,16-17,22H,6-7,10-12H2,1-5H3;3*8-9,12,14,16-17,21H,5-7,10-11H2,1-4H3/i1D3,2D3,5D3,8D,9D,11D2,12D2;4D3,8D,9D,10D2,11D2,14D,17D;8D,9D,10D2,11D2,14D,17D;4D3,8D,9D,11D2. The molecule has 0 aromatic heterocycles. The molecule has 12 unspecified atom stereocenters. The van der Waals surface area contributed by atoms with Gasteiger partial charge in [-0.3, -0.25) is 19.6 Å². The maximum absolute atomic E-state index is 11.2. The number of methoxy groups -OCH3 is 8. The van der Waals surface area contributed by atoms with Crippen LogP contribution >= 0.6 is 0 Å². The fraction of sp³-hybridized carbons (Fsp3) is 0.688. The van der Waals surface area contributed by atoms with Gasteiger partial charge in [0.2, 0.25) is 0 Å². The first-order valence-corrected chi connectivity index (χ1v) is 31.3. The normalized spacial score (nSPS) is 41.1. The highest BCUT2D eigenvalue weighted by molar-refractivity contribution is 5.53. The number of hydrogen-bond acceptors (Lipinski definition) is 16. The summed E-state index contributed by atoms with van der Waals surface area (Å²) in [6, 6.07) is -7.57. The number of nitrogens with zero attached hydrogens (tertiary/aromatic N) is 4. The van der Waals surface area contributed by atoms with E-state index in [0.717, 1.165) is 14.7 Å². The van der Waals surface area contributed by atoms with Gasteiger partial charge in [0.1, 0.15) is 0 Å². The molecule has 4 N–H and O–H groups in total. The van der Waals surface area contributed by atoms with Crippen molar-refractivity contribution in [2.75, 3.05) is 109 Å². The fourth-order valence-electron chi connectivity index (χ4n) is 12.7. The van der Waals surface area contributed by atoms with Crippen LogP contribution in [-0.4, -0.2) is 173 Å². The number of fused-ring (bicyclic) bond motifs is 12. The molecule has 8 aliphatic heterocycles. The lowest BCUT2D eigenvalue weighted by atomic mass is 9.75. The SMILES string of the molecule is [2H]c1c2c(c([2H])c(OC([2H])([2H])[2H])c1OC)C1CC(O)C(C([2H])([2H])C(C)(C([2H])([2H])[2H])C([2H])([2H])[2H])C([2H])([2H])N1CC2.[2H]c1c2c(c([2H])c(OC([2H])([2H])[2H])c1OC)C1CC(O)C(CC(C)C)C([2H])([2H])N1CC2.[2H]c1c2c(c([2H])c(OC([2H])([2H])[2H])c1OC)C1N(CC2)C([2H])([2H])C([2H])(CC(C)C)C([2H])(O)C1([2H])[2H].[2H]c1c2c(c([2H])c(OC)c1OC)C1N(CC2)C([2H])([2H])C([2H])(CC(C)C)C([2H])(O)C1([2H])[2H]. The third-order valence-corrected chi connectivity index (χ3v) is 17.0. The zero-order valence-electron chi connectivity index (χ0n) is 95.9. The molecule has 4 fully saturated rings. The minimum Gasteiger partial charge on any atom is -0.493 e. The van der Waals surface area contributed by atoms with E-state index in [2.05, 4.69) is 0 Å². The molecule has 8 aliphatic rings. The van der Waals surface area contributed by atoms with Crippen molar-refractivity contribution in [1.29, 1.82) is 0 Å². The average molecular weight is 1330 g/mol. The van der Waals surface area contributed by atoms with Crippen LogP contribution in [0.15, 0.2) is 48.3 Å². The summed E-state index contributed by atoms with van der Waals surface area (Å²) in [6.07, 6.45) is -18.3. The van der Waals surface area contributed by atoms with E-state index >= 15 is 0 Å². The summed E-state index contributed by atoms with van der Waals surface area (Å²) in [5.74, 6) is -10.6. The second kappa shape index (κ2) is 31.9. The molecule has 0 bridgehead atoms. The first-order valence-electron chi connectivity index (χ1n) is 51.8. The molecule has 0 spiro atoms. The summed E-state index contributed by atoms with van der Waals surface area (Å²) < 4.78 is 381. The number of hydrogen-bond donors (Lipinski definition) is 4. The molecule has 518 valence electrons. The Balaban J connectivity index is 0.000000202. The third-order valence-electron chi connectivity index (χ3n) is 17.0. The highest BCUT2D eigenvalue weighted by Gasteiger charge is 2.44. The lowest BCUT2D eigenvalue weighted by Gasteiger charge is -2.47. The fourth-order valence-corrected chi connectivity index (χ4v) is 12.7. The lowest BCUT2D eigenvalue weighted by molar-refractivity contribution is -0.0259. The van der Waals surface area contributed by atoms with Crippen molar-refractivity contribution in [3.05, 3.63) is 92.8 Å². The van der Waals surface area contributed by atoms with Gasteiger partial charge < -0.3 is 58.3 Å². The molecule has 0 saturated carbocycles. The summed E-state index contributed by atoms with van der Waals surface area (Å²) in [4.78, 5) is 4.90. The van der Waals surface area contributed by atoms with Gasteiger partial charge in [-0.15, -0.1) is 0 Å². The zero-order valence-corrected chi connectivity index (χ0v) is 54.9. The summed E-state index contributed by atoms with van der Waals surface area (Å²) in [6.45, 7) is -5.29. The largest absolute Gasteiger partial charge is 0.493 e. The van der Waals surface area contributed by atoms with E-state index in [9.17, 15) is 20.4 Å². The first kappa shape index (κ1) is 35.5. The van der Waals surface area contributed by atoms with Gasteiger partial charge in [-0.2, -0.15) is 0 Å². The molecule has 0 radical (unpaired) electrons. The topological polar surface area (TPSA) is 168 Å². The Labute approximate surface area is 616 Å². The number of aliphatic hydroxyl groups excluding tert-OH is 2. The van der Waals surface area contributed by atoms with Crippen LogP contribution < -0.4 is 37.9 Å². The van der Waals surface area contributed by atoms with E-state index in [0.29, 0.717) is 43.0 Å². The summed E-state index contributed by atoms with van der Waals surface area (Å²) in [7, 11) is -2.63. The van der Waals surface area contributed by atoms with Crippen molar-refractivity contribution in [3.8, 4) is 46.0 Å². The highest BCUT2D eigenvalue weighted by Crippen LogP contribution is 2.49. The van der Waals surface area contributed by atoms with Crippen LogP contribution in [0.1, 0.15) is 238 Å². The summed E-state index contributed by atoms with van der Waals surface area (Å²) in [5.41, 5.74) is -1.87. The van der Waals surface area contributed by atoms with E-state index in [1.165, 1.54) is 35.5 Å². The Morgan fingerprint density at radius 1 is 0.462 bits per heavy atom. The van der Waals surface area contributed by atoms with E-state index < -0.39 is 188 Å². The number of piperidine rings is 4. The molecule has 12 atom stereocenters. The van der Waals surface area contributed by atoms with Crippen LogP contribution in [0.3, 0.4) is 0 Å². The summed E-state index contributed by atoms with van der Waals surface area (Å²) >= 11 is 0. The molecule has 93 heavy (non-hydrogen) atoms. The molecule has 4 saturated heterocycles. The smallest absolute Gasteiger partial charge is 0.161 e. The van der Waals surface area contributed by atoms with Gasteiger partial charge in [0.15, 0.2) is 46.0 Å². The van der Waals surface area contributed by atoms with E-state index in [-0.39, 0.29) is 174 Å². The van der Waals surface area contributed by atoms with Crippen molar-refractivity contribution in [3.63, 3.8) is 0 Å². The molecular weight excluding hydrogens is 1170 g/mol. The van der Waals surface area contributed by atoms with Crippen LogP contribution in [0.25, 0.3) is 0 Å². The Hall–Kier alpha value is -5.04. The monoisotopic (exact) mass is 1330 g/mol. The van der Waals surface area contributed by atoms with Gasteiger partial charge in [-0.1, -0.05) is 62.2 Å². The van der Waals surface area contributed by atoms with Crippen LogP contribution in [0, 0.1) is 46.8 Å². The Kier molecular flexibility index (Phi) is 12.2. The Bertz CT molecular complexity index is 4990. The first-order chi connectivity index (χ1) is 60.5. The van der Waals surface area contributed by atoms with Crippen molar-refractivity contribution < 1.29 is 115 Å². The second-order valence-electron chi connectivity index (χ2n) is 25.3. The highest BCUT2D eigenvalue weighted by atomic mass is 16.5. The van der Waals surface area contributed by atoms with E-state index in [1.54, 1.807) is 32.6 Å². The second-order valence-corrected chi connectivity index (χ2v) is 25.3. The van der Waals surface area contributed by atoms with Gasteiger partial charge in [0.05, 0.1) is 107 Å². The minimum atomic E-state index is -3.41. The van der Waals surface area contributed by atoms with Crippen molar-refractivity contribution in [1.82, 2.24) is 19.6 Å². The van der Waals surface area contributed by atoms with Gasteiger partial charge >= 0.3 is 0 Å². The van der Waals surface area contributed by atoms with Gasteiger partial charge in [-0.25, -0.2) is 0 Å². The number of benzene rings is 4. The van der Waals surface area contributed by atoms with Crippen LogP contribution in [0.2, 0.25) is 0 Å². The van der Waals surface area contributed by atoms with Crippen LogP contribution in [0.5, 0.6) is 46.0 Å². The van der Waals surface area contributed by atoms with E-state index in [1.807, 2.05) is 13.8 Å². The molecule has 8 heterocycles. The molecule has 0 amide bonds. The van der Waals surface area contributed by atoms with Gasteiger partial charge in [0, 0.05) is 106 Å². The molecule has 16 nitrogen and oxygen atoms in total. The molecule has 4 aromatic rings. The quantitative estimate of drug-likeness (QED) is 0.0887. The predicted octanol–water partition coefficient (Wildman–Crippen LogP) is 12.5. The Morgan fingerprint density at radius 2 is 0.763 bits per heavy atom. The van der Waals surface area contributed by atoms with Gasteiger partial charge in [-0.05, 0) is 217 Å². The maximum atomic E-state index is 11.2. The maximum Gasteiger partial charge on any atom is 0.161 e. The van der Waals surface area contributed by atoms with E-state index in [4.69, 9.17) is 94.1 Å². The van der Waals surface area contributed by atoms with Crippen molar-refractivity contribution >= 4 is 0 Å². The average Bonchev–Trinajstić information content (AvgIpc) is 0.676. The zero-order chi connectivity index (χ0) is 103. The predicted molar refractivity (Wildman–Crippen MR) is 369 cm³/mol. The van der Waals surface area contributed by atoms with Crippen LogP contribution in [0.4, 0.5) is 0 Å². The molecular formula is C77H118N4O12. The molecule has 12 rings (SSSR count). The number of ether oxygens (including phenoxy) is 8. The number of rotatable bonds is 15. The van der Waals surface area contributed by atoms with Crippen molar-refractivity contribution in [2.24, 2.45) is 46.8 Å². The Morgan fingerprint density at radius 3 is 1.09 bits per heavy atom. The van der Waals surface area contributed by atoms with Crippen LogP contribution in [-0.2, 0) is 25.7 Å². The molecule has 16 heteroatoms. The summed E-state index contributed by atoms with van der Waals surface area (Å²) in [5, 5.41) is 44.3. The third kappa shape index (κ3) is 17.0. The van der Waals surface area contributed by atoms with Crippen molar-refractivity contribution in [2.45, 2.75) is 188 Å². The number of aliphatic hydroxyl groups is 4.